The molecule has 6 heteroatoms. The molecule has 144 valence electrons. The van der Waals surface area contributed by atoms with Gasteiger partial charge in [0.15, 0.2) is 0 Å². The van der Waals surface area contributed by atoms with Gasteiger partial charge < -0.3 is 20.8 Å². The van der Waals surface area contributed by atoms with E-state index in [1.165, 1.54) is 0 Å². The average molecular weight is 376 g/mol. The molecule has 0 bridgehead atoms. The average Bonchev–Trinajstić information content (AvgIpc) is 3.27. The maximum Gasteiger partial charge on any atom is 0.133 e. The van der Waals surface area contributed by atoms with Crippen molar-refractivity contribution < 1.29 is 10.2 Å². The molecule has 2 aromatic rings. The van der Waals surface area contributed by atoms with Gasteiger partial charge >= 0.3 is 0 Å². The zero-order valence-electron chi connectivity index (χ0n) is 16.1. The SMILES string of the molecule is CN(C)CCC1=CN=c2c1c(O)ccc2=c1ccc2c(c1O)C(CCN)=CN=2. The molecule has 0 aromatic heterocycles. The summed E-state index contributed by atoms with van der Waals surface area (Å²) in [4.78, 5) is 11.1. The van der Waals surface area contributed by atoms with Crippen molar-refractivity contribution in [3.05, 3.63) is 68.9 Å². The molecule has 0 saturated carbocycles. The fraction of sp³-hybridized carbons (Fsp3) is 0.273. The van der Waals surface area contributed by atoms with Crippen molar-refractivity contribution >= 4 is 11.1 Å². The largest absolute Gasteiger partial charge is 0.507 e. The van der Waals surface area contributed by atoms with Gasteiger partial charge in [-0.25, -0.2) is 0 Å². The van der Waals surface area contributed by atoms with E-state index in [0.29, 0.717) is 23.5 Å². The van der Waals surface area contributed by atoms with Crippen LogP contribution in [0.2, 0.25) is 0 Å². The fourth-order valence-electron chi connectivity index (χ4n) is 3.77. The number of aromatic hydroxyl groups is 2. The molecule has 6 nitrogen and oxygen atoms in total. The summed E-state index contributed by atoms with van der Waals surface area (Å²) in [5, 5.41) is 24.4. The summed E-state index contributed by atoms with van der Waals surface area (Å²) in [5.41, 5.74) is 9.13. The maximum absolute atomic E-state index is 11.0. The van der Waals surface area contributed by atoms with Crippen molar-refractivity contribution in [1.29, 1.82) is 0 Å². The molecule has 0 saturated heterocycles. The first-order valence-electron chi connectivity index (χ1n) is 9.39. The summed E-state index contributed by atoms with van der Waals surface area (Å²) in [5.74, 6) is 0.396. The van der Waals surface area contributed by atoms with E-state index in [1.54, 1.807) is 18.3 Å². The third kappa shape index (κ3) is 3.00. The number of phenols is 2. The highest BCUT2D eigenvalue weighted by Crippen LogP contribution is 2.30. The van der Waals surface area contributed by atoms with E-state index in [-0.39, 0.29) is 11.5 Å². The first-order valence-corrected chi connectivity index (χ1v) is 9.39. The molecule has 0 aliphatic carbocycles. The van der Waals surface area contributed by atoms with Gasteiger partial charge in [0.05, 0.1) is 10.7 Å². The Morgan fingerprint density at radius 1 is 0.893 bits per heavy atom. The second-order valence-corrected chi connectivity index (χ2v) is 7.37. The summed E-state index contributed by atoms with van der Waals surface area (Å²) in [6, 6.07) is 7.24. The van der Waals surface area contributed by atoms with Gasteiger partial charge in [0.1, 0.15) is 11.5 Å². The Bertz CT molecular complexity index is 1230. The van der Waals surface area contributed by atoms with E-state index in [0.717, 1.165) is 45.8 Å². The van der Waals surface area contributed by atoms with Crippen molar-refractivity contribution in [1.82, 2.24) is 4.90 Å². The Hall–Kier alpha value is -2.96. The molecule has 0 atom stereocenters. The molecule has 0 fully saturated rings. The number of hydrogen-bond donors (Lipinski definition) is 3. The number of fused-ring (bicyclic) bond motifs is 2. The van der Waals surface area contributed by atoms with E-state index in [4.69, 9.17) is 5.73 Å². The van der Waals surface area contributed by atoms with Gasteiger partial charge in [-0.2, -0.15) is 0 Å². The van der Waals surface area contributed by atoms with Crippen LogP contribution in [0.4, 0.5) is 0 Å². The Labute approximate surface area is 163 Å². The number of nitrogens with two attached hydrogens (primary N) is 1. The van der Waals surface area contributed by atoms with Gasteiger partial charge in [0, 0.05) is 40.5 Å². The first kappa shape index (κ1) is 18.4. The standard InChI is InChI=1S/C22H24N4O2/c1-26(2)10-8-14-12-25-21-15(4-6-18(27)20(14)21)16-3-5-17-19(22(16)28)13(7-9-23)11-24-17/h3-6,11-12,27-28H,7-10,23H2,1-2H3. The van der Waals surface area contributed by atoms with Gasteiger partial charge in [0.2, 0.25) is 0 Å². The minimum atomic E-state index is 0.184. The second-order valence-electron chi connectivity index (χ2n) is 7.37. The number of benzene rings is 2. The van der Waals surface area contributed by atoms with Crippen molar-refractivity contribution in [2.75, 3.05) is 27.2 Å². The van der Waals surface area contributed by atoms with Gasteiger partial charge in [-0.3, -0.25) is 9.98 Å². The molecule has 2 aliphatic heterocycles. The van der Waals surface area contributed by atoms with E-state index in [9.17, 15) is 10.2 Å². The smallest absolute Gasteiger partial charge is 0.133 e. The predicted octanol–water partition coefficient (Wildman–Crippen LogP) is 1.63. The third-order valence-electron chi connectivity index (χ3n) is 5.20. The van der Waals surface area contributed by atoms with E-state index in [2.05, 4.69) is 14.9 Å². The van der Waals surface area contributed by atoms with Gasteiger partial charge in [-0.15, -0.1) is 0 Å². The monoisotopic (exact) mass is 376 g/mol. The number of phenolic OH excluding ortho intramolecular Hbond substituents is 2. The van der Waals surface area contributed by atoms with Crippen molar-refractivity contribution in [2.24, 2.45) is 15.7 Å². The Balaban J connectivity index is 1.94. The quantitative estimate of drug-likeness (QED) is 0.739. The van der Waals surface area contributed by atoms with Gasteiger partial charge in [0.25, 0.3) is 0 Å². The fourth-order valence-corrected chi connectivity index (χ4v) is 3.77. The van der Waals surface area contributed by atoms with Crippen LogP contribution < -0.4 is 16.4 Å². The molecule has 28 heavy (non-hydrogen) atoms. The molecular weight excluding hydrogens is 352 g/mol. The Kier molecular flexibility index (Phi) is 4.75. The highest BCUT2D eigenvalue weighted by Gasteiger charge is 2.18. The first-order chi connectivity index (χ1) is 13.5. The molecule has 4 rings (SSSR count). The molecule has 2 heterocycles. The normalized spacial score (nSPS) is 15.6. The van der Waals surface area contributed by atoms with Gasteiger partial charge in [-0.05, 0) is 68.9 Å². The van der Waals surface area contributed by atoms with Crippen LogP contribution in [0, 0.1) is 10.4 Å². The van der Waals surface area contributed by atoms with Crippen molar-refractivity contribution in [2.45, 2.75) is 12.8 Å². The lowest BCUT2D eigenvalue weighted by Gasteiger charge is -2.11. The molecule has 4 N–H and O–H groups in total. The van der Waals surface area contributed by atoms with Crippen LogP contribution >= 0.6 is 0 Å². The second kappa shape index (κ2) is 7.22. The zero-order chi connectivity index (χ0) is 19.8. The van der Waals surface area contributed by atoms with E-state index in [1.807, 2.05) is 32.4 Å². The molecule has 0 amide bonds. The van der Waals surface area contributed by atoms with Crippen LogP contribution in [0.3, 0.4) is 0 Å². The van der Waals surface area contributed by atoms with Crippen LogP contribution in [-0.2, 0) is 0 Å². The van der Waals surface area contributed by atoms with Crippen molar-refractivity contribution in [3.63, 3.8) is 0 Å². The maximum atomic E-state index is 11.0. The lowest BCUT2D eigenvalue weighted by molar-refractivity contribution is 0.419. The molecule has 0 unspecified atom stereocenters. The molecule has 2 aliphatic rings. The highest BCUT2D eigenvalue weighted by atomic mass is 16.3. The van der Waals surface area contributed by atoms with E-state index < -0.39 is 0 Å². The van der Waals surface area contributed by atoms with Crippen LogP contribution in [0.25, 0.3) is 11.1 Å². The number of hydrogen-bond acceptors (Lipinski definition) is 6. The number of rotatable bonds is 5. The lowest BCUT2D eigenvalue weighted by Crippen LogP contribution is -2.15. The molecule has 0 spiro atoms. The summed E-state index contributed by atoms with van der Waals surface area (Å²) in [6.07, 6.45) is 5.03. The minimum absolute atomic E-state index is 0.184. The summed E-state index contributed by atoms with van der Waals surface area (Å²) >= 11 is 0. The van der Waals surface area contributed by atoms with Crippen LogP contribution in [0.1, 0.15) is 24.0 Å². The third-order valence-corrected chi connectivity index (χ3v) is 5.20. The van der Waals surface area contributed by atoms with Crippen LogP contribution in [0.15, 0.2) is 46.7 Å². The number of nitrogens with zero attached hydrogens (tertiary/aromatic N) is 3. The minimum Gasteiger partial charge on any atom is -0.507 e. The zero-order valence-corrected chi connectivity index (χ0v) is 16.1. The molecular formula is C22H24N4O2. The summed E-state index contributed by atoms with van der Waals surface area (Å²) in [7, 11) is 4.04. The lowest BCUT2D eigenvalue weighted by atomic mass is 9.99. The van der Waals surface area contributed by atoms with Crippen molar-refractivity contribution in [3.8, 4) is 11.5 Å². The molecule has 2 aromatic carbocycles. The summed E-state index contributed by atoms with van der Waals surface area (Å²) in [6.45, 7) is 1.36. The van der Waals surface area contributed by atoms with Gasteiger partial charge in [-0.1, -0.05) is 0 Å². The van der Waals surface area contributed by atoms with Crippen LogP contribution in [-0.4, -0.2) is 42.3 Å². The predicted molar refractivity (Wildman–Crippen MR) is 109 cm³/mol. The van der Waals surface area contributed by atoms with Crippen LogP contribution in [0.5, 0.6) is 11.5 Å². The molecule has 0 radical (unpaired) electrons. The highest BCUT2D eigenvalue weighted by molar-refractivity contribution is 5.74. The Morgan fingerprint density at radius 2 is 1.61 bits per heavy atom. The Morgan fingerprint density at radius 3 is 2.36 bits per heavy atom. The summed E-state index contributed by atoms with van der Waals surface area (Å²) < 4.78 is 0. The topological polar surface area (TPSA) is 94.4 Å². The van der Waals surface area contributed by atoms with E-state index >= 15 is 0 Å².